The maximum atomic E-state index is 13.5. The molecular weight excluding hydrogens is 414 g/mol. The van der Waals surface area contributed by atoms with Gasteiger partial charge in [0.2, 0.25) is 0 Å². The van der Waals surface area contributed by atoms with Crippen LogP contribution in [-0.2, 0) is 11.2 Å². The number of anilines is 1. The minimum Gasteiger partial charge on any atom is -0.389 e. The first-order valence-corrected chi connectivity index (χ1v) is 11.5. The number of aromatic nitrogens is 2. The van der Waals surface area contributed by atoms with Crippen LogP contribution in [0.5, 0.6) is 0 Å². The van der Waals surface area contributed by atoms with Gasteiger partial charge in [0, 0.05) is 23.7 Å². The van der Waals surface area contributed by atoms with Crippen molar-refractivity contribution in [3.05, 3.63) is 82.4 Å². The van der Waals surface area contributed by atoms with Crippen LogP contribution in [0.1, 0.15) is 37.4 Å². The Kier molecular flexibility index (Phi) is 5.87. The maximum Gasteiger partial charge on any atom is 0.261 e. The predicted molar refractivity (Wildman–Crippen MR) is 132 cm³/mol. The second kappa shape index (κ2) is 8.96. The Balaban J connectivity index is 1.60. The zero-order valence-electron chi connectivity index (χ0n) is 19.0. The van der Waals surface area contributed by atoms with Crippen molar-refractivity contribution >= 4 is 27.4 Å². The number of aliphatic hydroxyl groups excluding tert-OH is 1. The number of nitrogens with one attached hydrogen (secondary N) is 1. The smallest absolute Gasteiger partial charge is 0.261 e. The van der Waals surface area contributed by atoms with E-state index in [4.69, 9.17) is 4.74 Å². The summed E-state index contributed by atoms with van der Waals surface area (Å²) in [7, 11) is 0. The quantitative estimate of drug-likeness (QED) is 0.450. The number of ether oxygens (including phenoxy) is 1. The molecule has 0 saturated carbocycles. The van der Waals surface area contributed by atoms with Gasteiger partial charge in [-0.25, -0.2) is 4.98 Å². The Morgan fingerprint density at radius 1 is 1.12 bits per heavy atom. The molecule has 0 aliphatic carbocycles. The van der Waals surface area contributed by atoms with E-state index in [1.54, 1.807) is 10.9 Å². The number of hydrogen-bond acceptors (Lipinski definition) is 5. The molecule has 6 nitrogen and oxygen atoms in total. The molecule has 2 heterocycles. The van der Waals surface area contributed by atoms with E-state index in [0.29, 0.717) is 36.4 Å². The van der Waals surface area contributed by atoms with Gasteiger partial charge >= 0.3 is 0 Å². The molecule has 1 saturated heterocycles. The summed E-state index contributed by atoms with van der Waals surface area (Å²) in [6.07, 6.45) is 2.17. The molecule has 0 amide bonds. The van der Waals surface area contributed by atoms with Gasteiger partial charge in [-0.05, 0) is 61.4 Å². The highest BCUT2D eigenvalue weighted by molar-refractivity contribution is 6.06. The Morgan fingerprint density at radius 3 is 2.61 bits per heavy atom. The summed E-state index contributed by atoms with van der Waals surface area (Å²) in [5.74, 6) is 0. The molecule has 1 aromatic heterocycles. The highest BCUT2D eigenvalue weighted by Crippen LogP contribution is 2.29. The van der Waals surface area contributed by atoms with Crippen molar-refractivity contribution in [2.75, 3.05) is 18.5 Å². The third-order valence-corrected chi connectivity index (χ3v) is 6.33. The van der Waals surface area contributed by atoms with Crippen molar-refractivity contribution in [2.24, 2.45) is 0 Å². The first kappa shape index (κ1) is 21.6. The molecule has 1 fully saturated rings. The number of rotatable bonds is 5. The standard InChI is InChI=1S/C27H29N3O3/c1-17(2)29-20-9-7-18(8-10-20)13-19-14-23-26(22-6-4-3-5-21(19)22)28-16-30(27(23)32)24-11-12-33-15-25(24)31/h3-10,14,16-17,24-25,29,31H,11-13,15H2,1-2H3/t24-,25-/m0/s1. The van der Waals surface area contributed by atoms with Crippen LogP contribution in [0.25, 0.3) is 21.7 Å². The van der Waals surface area contributed by atoms with E-state index in [9.17, 15) is 9.90 Å². The summed E-state index contributed by atoms with van der Waals surface area (Å²) in [5.41, 5.74) is 3.95. The molecule has 0 spiro atoms. The fraction of sp³-hybridized carbons (Fsp3) is 0.333. The lowest BCUT2D eigenvalue weighted by molar-refractivity contribution is -0.0395. The summed E-state index contributed by atoms with van der Waals surface area (Å²) >= 11 is 0. The molecule has 5 rings (SSSR count). The minimum absolute atomic E-state index is 0.116. The largest absolute Gasteiger partial charge is 0.389 e. The van der Waals surface area contributed by atoms with Crippen molar-refractivity contribution in [1.82, 2.24) is 9.55 Å². The Bertz CT molecular complexity index is 1340. The molecule has 3 aromatic carbocycles. The van der Waals surface area contributed by atoms with Gasteiger partial charge < -0.3 is 15.2 Å². The lowest BCUT2D eigenvalue weighted by Crippen LogP contribution is -2.39. The highest BCUT2D eigenvalue weighted by atomic mass is 16.5. The van der Waals surface area contributed by atoms with E-state index in [1.165, 1.54) is 5.56 Å². The number of fused-ring (bicyclic) bond motifs is 3. The molecule has 170 valence electrons. The van der Waals surface area contributed by atoms with Crippen LogP contribution in [0, 0.1) is 0 Å². The molecule has 0 bridgehead atoms. The second-order valence-electron chi connectivity index (χ2n) is 9.11. The average Bonchev–Trinajstić information content (AvgIpc) is 2.81. The van der Waals surface area contributed by atoms with E-state index in [1.807, 2.05) is 24.3 Å². The fourth-order valence-electron chi connectivity index (χ4n) is 4.74. The monoisotopic (exact) mass is 443 g/mol. The van der Waals surface area contributed by atoms with Crippen LogP contribution in [-0.4, -0.2) is 40.0 Å². The van der Waals surface area contributed by atoms with Crippen molar-refractivity contribution < 1.29 is 9.84 Å². The van der Waals surface area contributed by atoms with E-state index >= 15 is 0 Å². The van der Waals surface area contributed by atoms with Gasteiger partial charge in [0.25, 0.3) is 5.56 Å². The summed E-state index contributed by atoms with van der Waals surface area (Å²) in [5, 5.41) is 16.5. The number of hydrogen-bond donors (Lipinski definition) is 2. The van der Waals surface area contributed by atoms with Crippen LogP contribution >= 0.6 is 0 Å². The fourth-order valence-corrected chi connectivity index (χ4v) is 4.74. The molecule has 33 heavy (non-hydrogen) atoms. The predicted octanol–water partition coefficient (Wildman–Crippen LogP) is 4.28. The Labute approximate surface area is 192 Å². The first-order chi connectivity index (χ1) is 16.0. The minimum atomic E-state index is -0.714. The molecule has 1 aliphatic rings. The van der Waals surface area contributed by atoms with E-state index in [0.717, 1.165) is 22.0 Å². The summed E-state index contributed by atoms with van der Waals surface area (Å²) in [6.45, 7) is 5.00. The van der Waals surface area contributed by atoms with Crippen LogP contribution in [0.2, 0.25) is 0 Å². The third kappa shape index (κ3) is 4.24. The molecular formula is C27H29N3O3. The molecule has 6 heteroatoms. The number of aliphatic hydroxyl groups is 1. The maximum absolute atomic E-state index is 13.5. The van der Waals surface area contributed by atoms with Gasteiger partial charge in [0.05, 0.1) is 36.0 Å². The van der Waals surface area contributed by atoms with Gasteiger partial charge in [-0.2, -0.15) is 0 Å². The summed E-state index contributed by atoms with van der Waals surface area (Å²) in [6, 6.07) is 18.6. The number of nitrogens with zero attached hydrogens (tertiary/aromatic N) is 2. The molecule has 0 unspecified atom stereocenters. The zero-order valence-corrected chi connectivity index (χ0v) is 19.0. The van der Waals surface area contributed by atoms with Crippen LogP contribution < -0.4 is 10.9 Å². The molecule has 2 N–H and O–H groups in total. The lowest BCUT2D eigenvalue weighted by atomic mass is 9.95. The van der Waals surface area contributed by atoms with Gasteiger partial charge in [0.15, 0.2) is 0 Å². The van der Waals surface area contributed by atoms with Gasteiger partial charge in [0.1, 0.15) is 0 Å². The molecule has 0 radical (unpaired) electrons. The van der Waals surface area contributed by atoms with Crippen LogP contribution in [0.3, 0.4) is 0 Å². The molecule has 4 aromatic rings. The third-order valence-electron chi connectivity index (χ3n) is 6.33. The first-order valence-electron chi connectivity index (χ1n) is 11.5. The molecule has 2 atom stereocenters. The van der Waals surface area contributed by atoms with Crippen molar-refractivity contribution in [3.63, 3.8) is 0 Å². The van der Waals surface area contributed by atoms with Gasteiger partial charge in [-0.15, -0.1) is 0 Å². The van der Waals surface area contributed by atoms with Crippen LogP contribution in [0.15, 0.2) is 65.7 Å². The summed E-state index contributed by atoms with van der Waals surface area (Å²) in [4.78, 5) is 18.2. The van der Waals surface area contributed by atoms with Crippen molar-refractivity contribution in [1.29, 1.82) is 0 Å². The van der Waals surface area contributed by atoms with Gasteiger partial charge in [-0.3, -0.25) is 9.36 Å². The van der Waals surface area contributed by atoms with E-state index in [2.05, 4.69) is 54.5 Å². The second-order valence-corrected chi connectivity index (χ2v) is 9.11. The van der Waals surface area contributed by atoms with Crippen molar-refractivity contribution in [2.45, 2.75) is 44.9 Å². The normalized spacial score (nSPS) is 18.8. The van der Waals surface area contributed by atoms with Crippen LogP contribution in [0.4, 0.5) is 5.69 Å². The molecule has 1 aliphatic heterocycles. The van der Waals surface area contributed by atoms with Crippen molar-refractivity contribution in [3.8, 4) is 0 Å². The SMILES string of the molecule is CC(C)Nc1ccc(Cc2cc3c(=O)n([C@H]4CCOC[C@@H]4O)cnc3c3ccccc23)cc1. The van der Waals surface area contributed by atoms with Gasteiger partial charge in [-0.1, -0.05) is 36.4 Å². The Morgan fingerprint density at radius 2 is 1.88 bits per heavy atom. The zero-order chi connectivity index (χ0) is 22.9. The highest BCUT2D eigenvalue weighted by Gasteiger charge is 2.27. The topological polar surface area (TPSA) is 76.4 Å². The van der Waals surface area contributed by atoms with E-state index < -0.39 is 6.10 Å². The lowest BCUT2D eigenvalue weighted by Gasteiger charge is -2.29. The Hall–Kier alpha value is -3.22. The average molecular weight is 444 g/mol. The number of benzene rings is 3. The van der Waals surface area contributed by atoms with E-state index in [-0.39, 0.29) is 18.2 Å². The summed E-state index contributed by atoms with van der Waals surface area (Å²) < 4.78 is 6.93.